The number of hydrogen-bond acceptors (Lipinski definition) is 6. The van der Waals surface area contributed by atoms with Crippen LogP contribution in [0.25, 0.3) is 0 Å². The number of benzene rings is 2. The van der Waals surface area contributed by atoms with Crippen LogP contribution in [0.5, 0.6) is 5.75 Å². The van der Waals surface area contributed by atoms with Gasteiger partial charge in [0.25, 0.3) is 11.5 Å². The number of hydrogen-bond donors (Lipinski definition) is 3. The van der Waals surface area contributed by atoms with Gasteiger partial charge in [0.15, 0.2) is 11.8 Å². The van der Waals surface area contributed by atoms with Gasteiger partial charge in [0.1, 0.15) is 11.6 Å². The van der Waals surface area contributed by atoms with Crippen LogP contribution >= 0.6 is 23.4 Å². The number of aromatic amines is 1. The van der Waals surface area contributed by atoms with Crippen molar-refractivity contribution in [2.24, 2.45) is 5.73 Å². The largest absolute Gasteiger partial charge is 0.484 e. The molecular weight excluding hydrogens is 452 g/mol. The van der Waals surface area contributed by atoms with Gasteiger partial charge in [-0.05, 0) is 29.3 Å². The van der Waals surface area contributed by atoms with E-state index in [0.717, 1.165) is 11.1 Å². The van der Waals surface area contributed by atoms with E-state index in [2.05, 4.69) is 15.3 Å². The summed E-state index contributed by atoms with van der Waals surface area (Å²) < 4.78 is 5.27. The lowest BCUT2D eigenvalue weighted by Gasteiger charge is -2.24. The first-order chi connectivity index (χ1) is 15.4. The van der Waals surface area contributed by atoms with E-state index >= 15 is 0 Å². The van der Waals surface area contributed by atoms with Gasteiger partial charge in [-0.1, -0.05) is 53.7 Å². The number of rotatable bonds is 7. The van der Waals surface area contributed by atoms with Gasteiger partial charge in [0.05, 0.1) is 5.56 Å². The Morgan fingerprint density at radius 2 is 1.94 bits per heavy atom. The van der Waals surface area contributed by atoms with E-state index in [1.807, 2.05) is 18.2 Å². The number of halogens is 1. The number of anilines is 1. The summed E-state index contributed by atoms with van der Waals surface area (Å²) in [5.41, 5.74) is 6.85. The number of H-pyrrole nitrogens is 1. The molecule has 0 spiro atoms. The summed E-state index contributed by atoms with van der Waals surface area (Å²) in [4.78, 5) is 43.4. The molecule has 0 saturated heterocycles. The van der Waals surface area contributed by atoms with Gasteiger partial charge in [0, 0.05) is 23.1 Å². The van der Waals surface area contributed by atoms with Crippen molar-refractivity contribution in [1.29, 1.82) is 0 Å². The van der Waals surface area contributed by atoms with E-state index in [0.29, 0.717) is 27.2 Å². The Hall–Kier alpha value is -3.30. The van der Waals surface area contributed by atoms with Gasteiger partial charge in [0.2, 0.25) is 5.91 Å². The van der Waals surface area contributed by atoms with E-state index in [1.165, 1.54) is 11.8 Å². The van der Waals surface area contributed by atoms with Crippen LogP contribution in [0.4, 0.5) is 5.82 Å². The number of carbonyl (C=O) groups excluding carboxylic acids is 2. The molecule has 2 amide bonds. The van der Waals surface area contributed by atoms with E-state index in [9.17, 15) is 14.4 Å². The maximum absolute atomic E-state index is 12.9. The molecule has 0 bridgehead atoms. The molecule has 2 aromatic carbocycles. The lowest BCUT2D eigenvalue weighted by molar-refractivity contribution is -0.120. The Labute approximate surface area is 192 Å². The van der Waals surface area contributed by atoms with Crippen molar-refractivity contribution in [3.05, 3.63) is 80.6 Å². The average Bonchev–Trinajstić information content (AvgIpc) is 2.76. The van der Waals surface area contributed by atoms with Crippen LogP contribution in [-0.4, -0.2) is 28.4 Å². The SMILES string of the molecule is NC(=O)COc1ccc([C@H]2CC(=O)Nc3nc(SCc4ccccc4Cl)[nH]c(=O)c32)cc1. The fraction of sp³-hybridized carbons (Fsp3) is 0.182. The van der Waals surface area contributed by atoms with Crippen LogP contribution in [0.3, 0.4) is 0 Å². The molecule has 10 heteroatoms. The molecule has 3 aromatic rings. The summed E-state index contributed by atoms with van der Waals surface area (Å²) in [6.45, 7) is -0.230. The van der Waals surface area contributed by atoms with Crippen LogP contribution < -0.4 is 21.3 Å². The first kappa shape index (κ1) is 21.9. The van der Waals surface area contributed by atoms with E-state index in [1.54, 1.807) is 30.3 Å². The van der Waals surface area contributed by atoms with Gasteiger partial charge >= 0.3 is 0 Å². The monoisotopic (exact) mass is 470 g/mol. The highest BCUT2D eigenvalue weighted by atomic mass is 35.5. The number of nitrogens with one attached hydrogen (secondary N) is 2. The molecule has 1 aliphatic heterocycles. The molecule has 1 aromatic heterocycles. The van der Waals surface area contributed by atoms with Crippen molar-refractivity contribution in [1.82, 2.24) is 9.97 Å². The third-order valence-corrected chi connectivity index (χ3v) is 6.21. The lowest BCUT2D eigenvalue weighted by atomic mass is 9.87. The summed E-state index contributed by atoms with van der Waals surface area (Å²) in [7, 11) is 0. The highest BCUT2D eigenvalue weighted by Gasteiger charge is 2.31. The molecule has 0 radical (unpaired) electrons. The molecule has 4 N–H and O–H groups in total. The normalized spacial score (nSPS) is 15.0. The standard InChI is InChI=1S/C22H19ClN4O4S/c23-16-4-2-1-3-13(16)11-32-22-26-20-19(21(30)27-22)15(9-18(29)25-20)12-5-7-14(8-6-12)31-10-17(24)28/h1-8,15H,9-11H2,(H2,24,28)(H2,25,26,27,29,30)/t15-/m1/s1. The summed E-state index contributed by atoms with van der Waals surface area (Å²) in [5.74, 6) is -0.0182. The maximum Gasteiger partial charge on any atom is 0.257 e. The Balaban J connectivity index is 1.58. The topological polar surface area (TPSA) is 127 Å². The molecule has 2 heterocycles. The highest BCUT2D eigenvalue weighted by Crippen LogP contribution is 2.35. The Kier molecular flexibility index (Phi) is 6.48. The second-order valence-corrected chi connectivity index (χ2v) is 8.51. The summed E-state index contributed by atoms with van der Waals surface area (Å²) >= 11 is 7.52. The minimum atomic E-state index is -0.576. The summed E-state index contributed by atoms with van der Waals surface area (Å²) in [6, 6.07) is 14.3. The van der Waals surface area contributed by atoms with Crippen molar-refractivity contribution < 1.29 is 14.3 Å². The van der Waals surface area contributed by atoms with E-state index < -0.39 is 11.8 Å². The Morgan fingerprint density at radius 3 is 2.66 bits per heavy atom. The molecule has 1 aliphatic rings. The van der Waals surface area contributed by atoms with Crippen molar-refractivity contribution in [2.75, 3.05) is 11.9 Å². The van der Waals surface area contributed by atoms with Gasteiger partial charge in [-0.25, -0.2) is 4.98 Å². The molecule has 0 fully saturated rings. The van der Waals surface area contributed by atoms with Crippen molar-refractivity contribution in [2.45, 2.75) is 23.2 Å². The fourth-order valence-corrected chi connectivity index (χ4v) is 4.56. The smallest absolute Gasteiger partial charge is 0.257 e. The van der Waals surface area contributed by atoms with Crippen LogP contribution in [0.2, 0.25) is 5.02 Å². The van der Waals surface area contributed by atoms with Crippen LogP contribution in [0.15, 0.2) is 58.5 Å². The number of carbonyl (C=O) groups is 2. The number of thioether (sulfide) groups is 1. The third-order valence-electron chi connectivity index (χ3n) is 4.92. The van der Waals surface area contributed by atoms with Crippen LogP contribution in [0, 0.1) is 0 Å². The second-order valence-electron chi connectivity index (χ2n) is 7.14. The predicted molar refractivity (Wildman–Crippen MR) is 122 cm³/mol. The minimum Gasteiger partial charge on any atom is -0.484 e. The Morgan fingerprint density at radius 1 is 1.19 bits per heavy atom. The van der Waals surface area contributed by atoms with Gasteiger partial charge in [-0.3, -0.25) is 14.4 Å². The zero-order valence-electron chi connectivity index (χ0n) is 16.8. The Bertz CT molecular complexity index is 1230. The summed E-state index contributed by atoms with van der Waals surface area (Å²) in [6.07, 6.45) is 0.116. The number of aromatic nitrogens is 2. The number of ether oxygens (including phenoxy) is 1. The quantitative estimate of drug-likeness (QED) is 0.359. The first-order valence-corrected chi connectivity index (χ1v) is 11.1. The van der Waals surface area contributed by atoms with Gasteiger partial charge in [-0.2, -0.15) is 0 Å². The molecule has 164 valence electrons. The molecular formula is C22H19ClN4O4S. The third kappa shape index (κ3) is 4.95. The van der Waals surface area contributed by atoms with E-state index in [-0.39, 0.29) is 30.3 Å². The molecule has 0 saturated carbocycles. The molecule has 0 aliphatic carbocycles. The van der Waals surface area contributed by atoms with Gasteiger partial charge in [-0.15, -0.1) is 0 Å². The van der Waals surface area contributed by atoms with Crippen LogP contribution in [-0.2, 0) is 15.3 Å². The molecule has 32 heavy (non-hydrogen) atoms. The zero-order chi connectivity index (χ0) is 22.7. The predicted octanol–water partition coefficient (Wildman–Crippen LogP) is 3.05. The zero-order valence-corrected chi connectivity index (χ0v) is 18.3. The molecule has 0 unspecified atom stereocenters. The molecule has 8 nitrogen and oxygen atoms in total. The van der Waals surface area contributed by atoms with Gasteiger partial charge < -0.3 is 20.8 Å². The maximum atomic E-state index is 12.9. The fourth-order valence-electron chi connectivity index (χ4n) is 3.42. The summed E-state index contributed by atoms with van der Waals surface area (Å²) in [5, 5.41) is 3.74. The first-order valence-electron chi connectivity index (χ1n) is 9.72. The lowest BCUT2D eigenvalue weighted by Crippen LogP contribution is -2.31. The van der Waals surface area contributed by atoms with E-state index in [4.69, 9.17) is 22.1 Å². The molecule has 4 rings (SSSR count). The number of nitrogens with two attached hydrogens (primary N) is 1. The van der Waals surface area contributed by atoms with Crippen molar-refractivity contribution >= 4 is 41.0 Å². The second kappa shape index (κ2) is 9.46. The van der Waals surface area contributed by atoms with Crippen molar-refractivity contribution in [3.63, 3.8) is 0 Å². The van der Waals surface area contributed by atoms with Crippen molar-refractivity contribution in [3.8, 4) is 5.75 Å². The number of amides is 2. The average molecular weight is 471 g/mol. The number of primary amides is 1. The van der Waals surface area contributed by atoms with Crippen LogP contribution in [0.1, 0.15) is 29.0 Å². The minimum absolute atomic E-state index is 0.116. The number of nitrogens with zero attached hydrogens (tertiary/aromatic N) is 1. The number of fused-ring (bicyclic) bond motifs is 1. The highest BCUT2D eigenvalue weighted by molar-refractivity contribution is 7.98. The molecule has 1 atom stereocenters.